The number of rotatable bonds is 18. The first-order chi connectivity index (χ1) is 45.3. The van der Waals surface area contributed by atoms with Gasteiger partial charge in [-0.1, -0.05) is 106 Å². The zero-order valence-electron chi connectivity index (χ0n) is 54.4. The topological polar surface area (TPSA) is 367 Å². The fraction of sp³-hybridized carbons (Fsp3) is 0.282. The van der Waals surface area contributed by atoms with Crippen molar-refractivity contribution < 1.29 is 42.6 Å². The number of aryl methyl sites for hydroxylation is 4. The van der Waals surface area contributed by atoms with Gasteiger partial charge < -0.3 is 59.8 Å². The summed E-state index contributed by atoms with van der Waals surface area (Å²) in [5.74, 6) is -2.39. The number of amides is 6. The molecule has 0 spiro atoms. The summed E-state index contributed by atoms with van der Waals surface area (Å²) < 4.78 is 30.1. The molecule has 6 aromatic carbocycles. The summed E-state index contributed by atoms with van der Waals surface area (Å²) in [6.45, 7) is 18.1. The third-order valence-corrected chi connectivity index (χ3v) is 16.4. The number of halogens is 1. The molecule has 95 heavy (non-hydrogen) atoms. The van der Waals surface area contributed by atoms with Crippen LogP contribution in [0.5, 0.6) is 5.75 Å². The maximum absolute atomic E-state index is 14.9. The first kappa shape index (κ1) is 68.2. The van der Waals surface area contributed by atoms with Crippen molar-refractivity contribution in [1.82, 2.24) is 45.3 Å². The second-order valence-electron chi connectivity index (χ2n) is 24.2. The van der Waals surface area contributed by atoms with Crippen molar-refractivity contribution in [2.75, 3.05) is 37.0 Å². The summed E-state index contributed by atoms with van der Waals surface area (Å²) >= 11 is 0. The van der Waals surface area contributed by atoms with E-state index >= 15 is 0 Å². The van der Waals surface area contributed by atoms with Crippen LogP contribution in [0.15, 0.2) is 121 Å². The molecule has 0 radical (unpaired) electrons. The van der Waals surface area contributed by atoms with Gasteiger partial charge in [0.05, 0.1) is 57.7 Å². The molecule has 0 saturated carbocycles. The quantitative estimate of drug-likeness (QED) is 0.0387. The Labute approximate surface area is 549 Å². The number of hydrogen-bond acceptors (Lipinski definition) is 14. The van der Waals surface area contributed by atoms with Gasteiger partial charge in [0.25, 0.3) is 35.4 Å². The van der Waals surface area contributed by atoms with Crippen LogP contribution in [0.1, 0.15) is 182 Å². The lowest BCUT2D eigenvalue weighted by atomic mass is 9.95. The van der Waals surface area contributed by atoms with Gasteiger partial charge in [-0.25, -0.2) is 18.4 Å². The Hall–Kier alpha value is -11.1. The van der Waals surface area contributed by atoms with Gasteiger partial charge >= 0.3 is 0 Å². The van der Waals surface area contributed by atoms with Crippen molar-refractivity contribution in [2.45, 2.75) is 112 Å². The number of primary amides is 3. The van der Waals surface area contributed by atoms with Crippen LogP contribution in [0.25, 0.3) is 17.1 Å². The minimum Gasteiger partial charge on any atom is -0.492 e. The monoisotopic (exact) mass is 1290 g/mol. The number of anilines is 3. The molecule has 24 heteroatoms. The van der Waals surface area contributed by atoms with E-state index in [1.807, 2.05) is 152 Å². The van der Waals surface area contributed by atoms with Crippen LogP contribution in [0.4, 0.5) is 21.5 Å². The molecule has 0 atom stereocenters. The number of nitrogens with one attached hydrogen (secondary N) is 3. The predicted octanol–water partition coefficient (Wildman–Crippen LogP) is 8.90. The van der Waals surface area contributed by atoms with Gasteiger partial charge in [-0.15, -0.1) is 0 Å². The van der Waals surface area contributed by atoms with Crippen molar-refractivity contribution in [3.8, 4) is 22.8 Å². The molecule has 6 amide bonds. The molecule has 1 saturated heterocycles. The van der Waals surface area contributed by atoms with Crippen molar-refractivity contribution in [1.29, 1.82) is 0 Å². The lowest BCUT2D eigenvalue weighted by Gasteiger charge is -2.20. The molecule has 1 fully saturated rings. The summed E-state index contributed by atoms with van der Waals surface area (Å²) in [6.07, 6.45) is 2.43. The molecular formula is C71H80FN15O8. The van der Waals surface area contributed by atoms with E-state index in [9.17, 15) is 33.2 Å². The Kier molecular flexibility index (Phi) is 21.3. The molecule has 0 aliphatic carbocycles. The third-order valence-electron chi connectivity index (χ3n) is 16.4. The van der Waals surface area contributed by atoms with Crippen LogP contribution in [0, 0.1) is 33.5 Å². The molecule has 11 rings (SSSR count). The van der Waals surface area contributed by atoms with Crippen LogP contribution < -0.4 is 55.1 Å². The number of hydrogen-bond donors (Lipinski definition) is 9. The Morgan fingerprint density at radius 3 is 1.45 bits per heavy atom. The van der Waals surface area contributed by atoms with Gasteiger partial charge in [-0.05, 0) is 140 Å². The first-order valence-corrected chi connectivity index (χ1v) is 31.1. The summed E-state index contributed by atoms with van der Waals surface area (Å²) in [7, 11) is 0. The molecule has 3 aromatic heterocycles. The lowest BCUT2D eigenvalue weighted by Crippen LogP contribution is -2.24. The first-order valence-electron chi connectivity index (χ1n) is 31.1. The van der Waals surface area contributed by atoms with Crippen molar-refractivity contribution in [3.05, 3.63) is 223 Å². The normalized spacial score (nSPS) is 12.6. The molecule has 494 valence electrons. The van der Waals surface area contributed by atoms with Crippen LogP contribution in [-0.4, -0.2) is 84.6 Å². The van der Waals surface area contributed by atoms with Gasteiger partial charge in [0.15, 0.2) is 17.1 Å². The van der Waals surface area contributed by atoms with E-state index in [1.54, 1.807) is 12.1 Å². The van der Waals surface area contributed by atoms with E-state index in [0.29, 0.717) is 101 Å². The summed E-state index contributed by atoms with van der Waals surface area (Å²) in [6, 6.07) is 36.3. The Balaban J connectivity index is 0.000000168. The number of ether oxygens (including phenoxy) is 2. The third kappa shape index (κ3) is 15.5. The highest BCUT2D eigenvalue weighted by Crippen LogP contribution is 2.35. The average Bonchev–Trinajstić information content (AvgIpc) is 1.66. The lowest BCUT2D eigenvalue weighted by molar-refractivity contribution is 0.0845. The molecule has 0 unspecified atom stereocenters. The van der Waals surface area contributed by atoms with E-state index in [-0.39, 0.29) is 70.5 Å². The number of nitrogens with two attached hydrogens (primary N) is 6. The fourth-order valence-corrected chi connectivity index (χ4v) is 11.3. The van der Waals surface area contributed by atoms with Gasteiger partial charge in [0.1, 0.15) is 17.3 Å². The number of carbonyl (C=O) groups excluding carboxylic acids is 6. The highest BCUT2D eigenvalue weighted by Gasteiger charge is 2.29. The second kappa shape index (κ2) is 29.6. The number of carbonyl (C=O) groups is 6. The second-order valence-corrected chi connectivity index (χ2v) is 24.2. The van der Waals surface area contributed by atoms with E-state index in [4.69, 9.17) is 43.9 Å². The number of nitrogens with zero attached hydrogens (tertiary/aromatic N) is 6. The SMILES string of the molecule is CC(C)c1nn(-c2ccc(CNC(=O)c3cccc4c3OCC4)cc2)c(C(N)=O)c1N.Cc1ccc(C)c(C(=O)NCc2ccc(-n3nc(C(C)C)c(N)c3C(N)=O)c(F)c2)c1.Cc1ccc(C)c(C(=O)NCc2ccc(-n3nc(C4CCOCC4)c(N)c3C(N)=O)cc2)c1. The van der Waals surface area contributed by atoms with Gasteiger partial charge in [-0.3, -0.25) is 28.8 Å². The molecular weight excluding hydrogens is 1210 g/mol. The molecule has 15 N–H and O–H groups in total. The molecule has 5 heterocycles. The maximum atomic E-state index is 14.9. The van der Waals surface area contributed by atoms with Crippen molar-refractivity contribution in [2.24, 2.45) is 17.2 Å². The van der Waals surface area contributed by atoms with Crippen molar-refractivity contribution >= 4 is 52.5 Å². The van der Waals surface area contributed by atoms with Gasteiger partial charge in [0.2, 0.25) is 0 Å². The summed E-state index contributed by atoms with van der Waals surface area (Å²) in [4.78, 5) is 73.7. The molecule has 23 nitrogen and oxygen atoms in total. The summed E-state index contributed by atoms with van der Waals surface area (Å²) in [5, 5.41) is 22.1. The van der Waals surface area contributed by atoms with Gasteiger partial charge in [-0.2, -0.15) is 15.3 Å². The molecule has 2 aliphatic heterocycles. The van der Waals surface area contributed by atoms with E-state index < -0.39 is 23.5 Å². The van der Waals surface area contributed by atoms with Crippen molar-refractivity contribution in [3.63, 3.8) is 0 Å². The van der Waals surface area contributed by atoms with E-state index in [2.05, 4.69) is 31.2 Å². The average molecular weight is 1290 g/mol. The highest BCUT2D eigenvalue weighted by atomic mass is 19.1. The van der Waals surface area contributed by atoms with Crippen LogP contribution >= 0.6 is 0 Å². The smallest absolute Gasteiger partial charge is 0.269 e. The molecule has 9 aromatic rings. The molecule has 0 bridgehead atoms. The van der Waals surface area contributed by atoms with Crippen LogP contribution in [0.3, 0.4) is 0 Å². The zero-order valence-corrected chi connectivity index (χ0v) is 54.4. The number of aromatic nitrogens is 6. The van der Waals surface area contributed by atoms with E-state index in [1.165, 1.54) is 21.5 Å². The Morgan fingerprint density at radius 1 is 0.526 bits per heavy atom. The van der Waals surface area contributed by atoms with Gasteiger partial charge in [0, 0.05) is 56.3 Å². The minimum atomic E-state index is -0.791. The summed E-state index contributed by atoms with van der Waals surface area (Å²) in [5.41, 5.74) is 48.4. The number of benzene rings is 6. The highest BCUT2D eigenvalue weighted by molar-refractivity contribution is 6.00. The number of fused-ring (bicyclic) bond motifs is 1. The fourth-order valence-electron chi connectivity index (χ4n) is 11.3. The maximum Gasteiger partial charge on any atom is 0.269 e. The standard InChI is InChI=1S/C25H29N5O3.C23H26FN5O2.C23H25N5O3/c1-15-3-4-16(2)20(13-15)25(32)28-14-17-5-7-19(8-6-17)30-23(24(27)31)21(26)22(29-30)18-9-11-33-12-10-18;1-12(2)20-19(25)21(22(26)30)29(28-20)18-8-7-15(10-17(18)24)11-27-23(31)16-9-13(3)5-6-14(16)4;1-13(2)19-18(24)20(22(25)29)28(27-19)16-8-6-14(7-9-16)12-26-23(30)17-5-3-4-15-10-11-31-21(15)17/h3-8,13,18H,9-12,14,26H2,1-2H3,(H2,27,31)(H,28,32);5-10,12H,11,25H2,1-4H3,(H2,26,30)(H,27,31);3-9,13H,10-12,24H2,1-2H3,(H2,25,29)(H,26,30). The van der Waals surface area contributed by atoms with Crippen LogP contribution in [-0.2, 0) is 30.8 Å². The van der Waals surface area contributed by atoms with Crippen LogP contribution in [0.2, 0.25) is 0 Å². The predicted molar refractivity (Wildman–Crippen MR) is 361 cm³/mol. The Bertz CT molecular complexity index is 4370. The number of para-hydroxylation sites is 1. The largest absolute Gasteiger partial charge is 0.492 e. The minimum absolute atomic E-state index is 0.0528. The zero-order chi connectivity index (χ0) is 68.5. The Morgan fingerprint density at radius 2 is 0.968 bits per heavy atom. The van der Waals surface area contributed by atoms with E-state index in [0.717, 1.165) is 62.9 Å². The number of nitrogen functional groups attached to an aromatic ring is 3. The molecule has 2 aliphatic rings.